The number of carbonyl (C=O) groups is 2. The summed E-state index contributed by atoms with van der Waals surface area (Å²) in [6, 6.07) is 12.2. The molecule has 0 spiro atoms. The van der Waals surface area contributed by atoms with E-state index in [1.54, 1.807) is 24.3 Å². The van der Waals surface area contributed by atoms with E-state index >= 15 is 0 Å². The van der Waals surface area contributed by atoms with Gasteiger partial charge in [0.25, 0.3) is 5.91 Å². The van der Waals surface area contributed by atoms with Gasteiger partial charge in [0.1, 0.15) is 0 Å². The Hall–Kier alpha value is -2.54. The average Bonchev–Trinajstić information content (AvgIpc) is 2.61. The van der Waals surface area contributed by atoms with Gasteiger partial charge in [-0.25, -0.2) is 4.79 Å². The van der Waals surface area contributed by atoms with Gasteiger partial charge in [0.15, 0.2) is 0 Å². The van der Waals surface area contributed by atoms with Crippen LogP contribution in [0.2, 0.25) is 0 Å². The summed E-state index contributed by atoms with van der Waals surface area (Å²) in [7, 11) is 3.75. The Labute approximate surface area is 162 Å². The number of rotatable bonds is 6. The monoisotopic (exact) mass is 418 g/mol. The molecule has 0 radical (unpaired) electrons. The summed E-state index contributed by atoms with van der Waals surface area (Å²) in [5.41, 5.74) is 2.53. The van der Waals surface area contributed by atoms with E-state index in [1.807, 2.05) is 44.1 Å². The molecule has 0 aliphatic carbocycles. The van der Waals surface area contributed by atoms with E-state index in [1.165, 1.54) is 0 Å². The molecule has 3 N–H and O–H groups in total. The number of halogens is 1. The molecule has 2 rings (SSSR count). The van der Waals surface area contributed by atoms with Crippen molar-refractivity contribution in [2.24, 2.45) is 0 Å². The van der Waals surface area contributed by atoms with Crippen LogP contribution in [0.3, 0.4) is 0 Å². The van der Waals surface area contributed by atoms with Crippen LogP contribution in [0, 0.1) is 0 Å². The number of nitrogens with one attached hydrogen (secondary N) is 3. The molecule has 0 unspecified atom stereocenters. The van der Waals surface area contributed by atoms with E-state index in [-0.39, 0.29) is 11.9 Å². The molecule has 7 heteroatoms. The zero-order valence-electron chi connectivity index (χ0n) is 15.1. The number of nitrogens with zero attached hydrogens (tertiary/aromatic N) is 1. The third kappa shape index (κ3) is 5.49. The molecule has 0 aromatic heterocycles. The van der Waals surface area contributed by atoms with Gasteiger partial charge >= 0.3 is 6.03 Å². The Morgan fingerprint density at radius 3 is 2.23 bits per heavy atom. The highest BCUT2D eigenvalue weighted by Gasteiger charge is 2.14. The Kier molecular flexibility index (Phi) is 7.03. The molecule has 3 amide bonds. The zero-order valence-corrected chi connectivity index (χ0v) is 16.7. The zero-order chi connectivity index (χ0) is 19.1. The summed E-state index contributed by atoms with van der Waals surface area (Å²) >= 11 is 3.35. The van der Waals surface area contributed by atoms with Crippen molar-refractivity contribution in [2.45, 2.75) is 13.3 Å². The molecule has 0 atom stereocenters. The Balaban J connectivity index is 2.14. The van der Waals surface area contributed by atoms with Gasteiger partial charge in [-0.05, 0) is 48.9 Å². The van der Waals surface area contributed by atoms with E-state index in [0.29, 0.717) is 23.5 Å². The van der Waals surface area contributed by atoms with E-state index in [9.17, 15) is 9.59 Å². The third-order valence-corrected chi connectivity index (χ3v) is 4.15. The molecular formula is C19H23BrN4O2. The number of benzene rings is 2. The van der Waals surface area contributed by atoms with Crippen LogP contribution in [0.25, 0.3) is 0 Å². The molecule has 26 heavy (non-hydrogen) atoms. The van der Waals surface area contributed by atoms with Crippen molar-refractivity contribution in [3.8, 4) is 0 Å². The lowest BCUT2D eigenvalue weighted by Crippen LogP contribution is -2.27. The molecule has 6 nitrogen and oxygen atoms in total. The fourth-order valence-electron chi connectivity index (χ4n) is 2.35. The van der Waals surface area contributed by atoms with Crippen molar-refractivity contribution >= 4 is 44.9 Å². The van der Waals surface area contributed by atoms with E-state index in [0.717, 1.165) is 16.6 Å². The van der Waals surface area contributed by atoms with Crippen molar-refractivity contribution in [2.75, 3.05) is 36.2 Å². The van der Waals surface area contributed by atoms with Crippen molar-refractivity contribution in [1.29, 1.82) is 0 Å². The van der Waals surface area contributed by atoms with Gasteiger partial charge in [0.05, 0.1) is 5.56 Å². The van der Waals surface area contributed by atoms with Crippen LogP contribution < -0.4 is 20.9 Å². The van der Waals surface area contributed by atoms with Gasteiger partial charge in [-0.3, -0.25) is 4.79 Å². The molecule has 0 aliphatic heterocycles. The van der Waals surface area contributed by atoms with Crippen LogP contribution >= 0.6 is 15.9 Å². The van der Waals surface area contributed by atoms with Gasteiger partial charge in [0, 0.05) is 42.2 Å². The second-order valence-corrected chi connectivity index (χ2v) is 6.88. The maximum absolute atomic E-state index is 12.4. The first-order chi connectivity index (χ1) is 12.4. The smallest absolute Gasteiger partial charge is 0.323 e. The van der Waals surface area contributed by atoms with Crippen molar-refractivity contribution in [1.82, 2.24) is 5.32 Å². The van der Waals surface area contributed by atoms with Crippen LogP contribution in [0.4, 0.5) is 21.9 Å². The Morgan fingerprint density at radius 2 is 1.62 bits per heavy atom. The molecule has 0 bridgehead atoms. The van der Waals surface area contributed by atoms with Crippen molar-refractivity contribution < 1.29 is 9.59 Å². The number of carbonyl (C=O) groups excluding carboxylic acids is 2. The normalized spacial score (nSPS) is 10.2. The van der Waals surface area contributed by atoms with Gasteiger partial charge < -0.3 is 20.9 Å². The maximum atomic E-state index is 12.4. The second kappa shape index (κ2) is 9.24. The molecule has 0 heterocycles. The first-order valence-corrected chi connectivity index (χ1v) is 9.13. The lowest BCUT2D eigenvalue weighted by atomic mass is 10.1. The number of hydrogen-bond acceptors (Lipinski definition) is 3. The predicted octanol–water partition coefficient (Wildman–Crippen LogP) is 4.30. The fraction of sp³-hybridized carbons (Fsp3) is 0.263. The molecule has 0 saturated carbocycles. The van der Waals surface area contributed by atoms with Gasteiger partial charge in [0.2, 0.25) is 0 Å². The molecule has 2 aromatic carbocycles. The minimum atomic E-state index is -0.371. The minimum absolute atomic E-state index is 0.160. The van der Waals surface area contributed by atoms with Crippen molar-refractivity contribution in [3.05, 3.63) is 52.5 Å². The summed E-state index contributed by atoms with van der Waals surface area (Å²) in [6.45, 7) is 2.60. The second-order valence-electron chi connectivity index (χ2n) is 5.97. The lowest BCUT2D eigenvalue weighted by molar-refractivity contribution is 0.0954. The molecular weight excluding hydrogens is 396 g/mol. The van der Waals surface area contributed by atoms with Crippen LogP contribution in [-0.4, -0.2) is 32.6 Å². The Bertz CT molecular complexity index is 776. The molecule has 0 fully saturated rings. The Morgan fingerprint density at radius 1 is 1.00 bits per heavy atom. The van der Waals surface area contributed by atoms with Crippen LogP contribution in [0.5, 0.6) is 0 Å². The largest absolute Gasteiger partial charge is 0.377 e. The van der Waals surface area contributed by atoms with E-state index in [2.05, 4.69) is 31.9 Å². The molecule has 0 aliphatic rings. The first-order valence-electron chi connectivity index (χ1n) is 8.34. The number of amides is 3. The van der Waals surface area contributed by atoms with Crippen molar-refractivity contribution in [3.63, 3.8) is 0 Å². The van der Waals surface area contributed by atoms with Gasteiger partial charge in [-0.2, -0.15) is 0 Å². The molecule has 0 saturated heterocycles. The molecule has 138 valence electrons. The van der Waals surface area contributed by atoms with Gasteiger partial charge in [-0.1, -0.05) is 22.9 Å². The van der Waals surface area contributed by atoms with E-state index in [4.69, 9.17) is 0 Å². The fourth-order valence-corrected chi connectivity index (χ4v) is 2.61. The quantitative estimate of drug-likeness (QED) is 0.654. The number of anilines is 3. The van der Waals surface area contributed by atoms with Gasteiger partial charge in [-0.15, -0.1) is 0 Å². The van der Waals surface area contributed by atoms with Crippen LogP contribution in [-0.2, 0) is 0 Å². The first kappa shape index (κ1) is 19.8. The highest BCUT2D eigenvalue weighted by molar-refractivity contribution is 9.10. The minimum Gasteiger partial charge on any atom is -0.377 e. The topological polar surface area (TPSA) is 73.5 Å². The lowest BCUT2D eigenvalue weighted by Gasteiger charge is -2.18. The highest BCUT2D eigenvalue weighted by Crippen LogP contribution is 2.23. The average molecular weight is 419 g/mol. The van der Waals surface area contributed by atoms with Crippen LogP contribution in [0.15, 0.2) is 46.9 Å². The maximum Gasteiger partial charge on any atom is 0.323 e. The summed E-state index contributed by atoms with van der Waals surface area (Å²) in [5.74, 6) is -0.160. The standard InChI is InChI=1S/C19H23BrN4O2/c1-4-11-21-18(25)16-12-15(9-10-17(16)24(2)3)23-19(26)22-14-7-5-13(20)6-8-14/h5-10,12H,4,11H2,1-3H3,(H,21,25)(H2,22,23,26). The summed E-state index contributed by atoms with van der Waals surface area (Å²) in [6.07, 6.45) is 0.858. The molecule has 2 aromatic rings. The SMILES string of the molecule is CCCNC(=O)c1cc(NC(=O)Nc2ccc(Br)cc2)ccc1N(C)C. The summed E-state index contributed by atoms with van der Waals surface area (Å²) in [4.78, 5) is 26.5. The summed E-state index contributed by atoms with van der Waals surface area (Å²) < 4.78 is 0.936. The number of urea groups is 1. The van der Waals surface area contributed by atoms with Crippen LogP contribution in [0.1, 0.15) is 23.7 Å². The third-order valence-electron chi connectivity index (χ3n) is 3.62. The predicted molar refractivity (Wildman–Crippen MR) is 110 cm³/mol. The summed E-state index contributed by atoms with van der Waals surface area (Å²) in [5, 5.41) is 8.39. The number of hydrogen-bond donors (Lipinski definition) is 3. The van der Waals surface area contributed by atoms with E-state index < -0.39 is 0 Å². The highest BCUT2D eigenvalue weighted by atomic mass is 79.9.